The lowest BCUT2D eigenvalue weighted by Crippen LogP contribution is -2.32. The molecule has 0 saturated carbocycles. The number of hydrogen-bond donors (Lipinski definition) is 2. The van der Waals surface area contributed by atoms with Crippen LogP contribution in [0, 0.1) is 24.6 Å². The molecule has 1 heterocycles. The first-order valence-corrected chi connectivity index (χ1v) is 7.33. The minimum atomic E-state index is -0.274. The summed E-state index contributed by atoms with van der Waals surface area (Å²) in [5, 5.41) is 6.23. The van der Waals surface area contributed by atoms with Crippen LogP contribution >= 0.6 is 0 Å². The lowest BCUT2D eigenvalue weighted by atomic mass is 9.84. The van der Waals surface area contributed by atoms with E-state index in [4.69, 9.17) is 0 Å². The van der Waals surface area contributed by atoms with Gasteiger partial charge in [-0.2, -0.15) is 0 Å². The zero-order valence-electron chi connectivity index (χ0n) is 12.2. The van der Waals surface area contributed by atoms with Crippen molar-refractivity contribution in [2.24, 2.45) is 11.8 Å². The van der Waals surface area contributed by atoms with Crippen LogP contribution in [-0.2, 0) is 4.79 Å². The SMILES string of the molecule is Cc1cc(F)ccc1NC(=O)CC(C)C1CCNCC1. The normalized spacial score (nSPS) is 17.8. The molecule has 1 saturated heterocycles. The maximum absolute atomic E-state index is 13.0. The molecule has 1 aromatic rings. The number of carbonyl (C=O) groups is 1. The lowest BCUT2D eigenvalue weighted by Gasteiger charge is -2.27. The minimum Gasteiger partial charge on any atom is -0.326 e. The van der Waals surface area contributed by atoms with Crippen molar-refractivity contribution >= 4 is 11.6 Å². The number of anilines is 1. The van der Waals surface area contributed by atoms with E-state index in [0.717, 1.165) is 31.5 Å². The van der Waals surface area contributed by atoms with Crippen LogP contribution in [0.5, 0.6) is 0 Å². The summed E-state index contributed by atoms with van der Waals surface area (Å²) in [6, 6.07) is 4.43. The zero-order valence-corrected chi connectivity index (χ0v) is 12.2. The number of nitrogens with one attached hydrogen (secondary N) is 2. The molecule has 1 aliphatic heterocycles. The highest BCUT2D eigenvalue weighted by Crippen LogP contribution is 2.25. The van der Waals surface area contributed by atoms with E-state index < -0.39 is 0 Å². The van der Waals surface area contributed by atoms with Crippen molar-refractivity contribution in [3.05, 3.63) is 29.6 Å². The third-order valence-corrected chi connectivity index (χ3v) is 4.16. The van der Waals surface area contributed by atoms with Gasteiger partial charge in [-0.25, -0.2) is 4.39 Å². The van der Waals surface area contributed by atoms with Gasteiger partial charge in [-0.15, -0.1) is 0 Å². The summed E-state index contributed by atoms with van der Waals surface area (Å²) >= 11 is 0. The average Bonchev–Trinajstić information content (AvgIpc) is 2.43. The van der Waals surface area contributed by atoms with Crippen LogP contribution in [0.1, 0.15) is 31.7 Å². The van der Waals surface area contributed by atoms with Gasteiger partial charge in [0.05, 0.1) is 0 Å². The second-order valence-corrected chi connectivity index (χ2v) is 5.78. The molecule has 20 heavy (non-hydrogen) atoms. The van der Waals surface area contributed by atoms with Crippen LogP contribution in [0.25, 0.3) is 0 Å². The fraction of sp³-hybridized carbons (Fsp3) is 0.562. The summed E-state index contributed by atoms with van der Waals surface area (Å²) in [7, 11) is 0. The van der Waals surface area contributed by atoms with Gasteiger partial charge in [0.15, 0.2) is 0 Å². The number of hydrogen-bond acceptors (Lipinski definition) is 2. The molecular formula is C16H23FN2O. The Kier molecular flexibility index (Phi) is 5.12. The number of aryl methyl sites for hydroxylation is 1. The molecule has 1 amide bonds. The molecule has 2 rings (SSSR count). The van der Waals surface area contributed by atoms with Crippen LogP contribution in [0.3, 0.4) is 0 Å². The highest BCUT2D eigenvalue weighted by molar-refractivity contribution is 5.91. The van der Waals surface area contributed by atoms with Crippen LogP contribution in [0.2, 0.25) is 0 Å². The predicted molar refractivity (Wildman–Crippen MR) is 79.1 cm³/mol. The van der Waals surface area contributed by atoms with Crippen molar-refractivity contribution in [3.8, 4) is 0 Å². The molecule has 0 aromatic heterocycles. The van der Waals surface area contributed by atoms with Crippen molar-refractivity contribution in [3.63, 3.8) is 0 Å². The molecule has 4 heteroatoms. The van der Waals surface area contributed by atoms with E-state index in [2.05, 4.69) is 17.6 Å². The molecule has 0 bridgehead atoms. The van der Waals surface area contributed by atoms with Crippen LogP contribution in [0.4, 0.5) is 10.1 Å². The minimum absolute atomic E-state index is 0.0192. The molecule has 1 unspecified atom stereocenters. The van der Waals surface area contributed by atoms with Gasteiger partial charge in [-0.1, -0.05) is 6.92 Å². The first kappa shape index (κ1) is 15.0. The monoisotopic (exact) mass is 278 g/mol. The van der Waals surface area contributed by atoms with Crippen LogP contribution < -0.4 is 10.6 Å². The van der Waals surface area contributed by atoms with E-state index in [1.54, 1.807) is 13.0 Å². The van der Waals surface area contributed by atoms with Gasteiger partial charge in [0.2, 0.25) is 5.91 Å². The van der Waals surface area contributed by atoms with Crippen molar-refractivity contribution in [1.29, 1.82) is 0 Å². The zero-order chi connectivity index (χ0) is 14.5. The van der Waals surface area contributed by atoms with E-state index in [-0.39, 0.29) is 11.7 Å². The van der Waals surface area contributed by atoms with Gasteiger partial charge >= 0.3 is 0 Å². The second-order valence-electron chi connectivity index (χ2n) is 5.78. The average molecular weight is 278 g/mol. The lowest BCUT2D eigenvalue weighted by molar-refractivity contribution is -0.117. The largest absolute Gasteiger partial charge is 0.326 e. The molecule has 1 fully saturated rings. The molecule has 0 radical (unpaired) electrons. The van der Waals surface area contributed by atoms with Crippen molar-refractivity contribution in [1.82, 2.24) is 5.32 Å². The molecule has 1 aliphatic rings. The molecule has 110 valence electrons. The highest BCUT2D eigenvalue weighted by atomic mass is 19.1. The summed E-state index contributed by atoms with van der Waals surface area (Å²) in [5.41, 5.74) is 1.46. The Labute approximate surface area is 120 Å². The number of carbonyl (C=O) groups excluding carboxylic acids is 1. The Bertz CT molecular complexity index is 470. The Balaban J connectivity index is 1.88. The maximum atomic E-state index is 13.0. The topological polar surface area (TPSA) is 41.1 Å². The quantitative estimate of drug-likeness (QED) is 0.888. The summed E-state index contributed by atoms with van der Waals surface area (Å²) in [6.45, 7) is 6.05. The molecule has 0 aliphatic carbocycles. The predicted octanol–water partition coefficient (Wildman–Crippen LogP) is 3.10. The number of amides is 1. The maximum Gasteiger partial charge on any atom is 0.224 e. The van der Waals surface area contributed by atoms with Crippen LogP contribution in [0.15, 0.2) is 18.2 Å². The Hall–Kier alpha value is -1.42. The first-order valence-electron chi connectivity index (χ1n) is 7.33. The standard InChI is InChI=1S/C16H23FN2O/c1-11(13-5-7-18-8-6-13)10-16(20)19-15-4-3-14(17)9-12(15)2/h3-4,9,11,13,18H,5-8,10H2,1-2H3,(H,19,20). The fourth-order valence-corrected chi connectivity index (χ4v) is 2.84. The molecular weight excluding hydrogens is 255 g/mol. The molecule has 0 spiro atoms. The van der Waals surface area contributed by atoms with E-state index in [1.165, 1.54) is 12.1 Å². The Morgan fingerprint density at radius 1 is 1.45 bits per heavy atom. The molecule has 3 nitrogen and oxygen atoms in total. The van der Waals surface area contributed by atoms with Gasteiger partial charge in [0.1, 0.15) is 5.82 Å². The fourth-order valence-electron chi connectivity index (χ4n) is 2.84. The highest BCUT2D eigenvalue weighted by Gasteiger charge is 2.22. The third-order valence-electron chi connectivity index (χ3n) is 4.16. The van der Waals surface area contributed by atoms with Crippen molar-refractivity contribution < 1.29 is 9.18 Å². The second kappa shape index (κ2) is 6.84. The van der Waals surface area contributed by atoms with Gasteiger partial charge in [0.25, 0.3) is 0 Å². The summed E-state index contributed by atoms with van der Waals surface area (Å²) < 4.78 is 13.0. The van der Waals surface area contributed by atoms with Crippen molar-refractivity contribution in [2.45, 2.75) is 33.1 Å². The number of piperidine rings is 1. The smallest absolute Gasteiger partial charge is 0.224 e. The van der Waals surface area contributed by atoms with E-state index in [1.807, 2.05) is 0 Å². The third kappa shape index (κ3) is 4.04. The molecule has 1 atom stereocenters. The number of benzene rings is 1. The van der Waals surface area contributed by atoms with E-state index >= 15 is 0 Å². The summed E-state index contributed by atoms with van der Waals surface area (Å²) in [4.78, 5) is 12.1. The van der Waals surface area contributed by atoms with Gasteiger partial charge < -0.3 is 10.6 Å². The Morgan fingerprint density at radius 2 is 2.15 bits per heavy atom. The summed E-state index contributed by atoms with van der Waals surface area (Å²) in [6.07, 6.45) is 2.82. The molecule has 1 aromatic carbocycles. The van der Waals surface area contributed by atoms with Gasteiger partial charge in [-0.3, -0.25) is 4.79 Å². The number of rotatable bonds is 4. The first-order chi connectivity index (χ1) is 9.56. The molecule has 2 N–H and O–H groups in total. The van der Waals surface area contributed by atoms with E-state index in [0.29, 0.717) is 23.9 Å². The number of halogens is 1. The van der Waals surface area contributed by atoms with Gasteiger partial charge in [-0.05, 0) is 68.5 Å². The summed E-state index contributed by atoms with van der Waals surface area (Å²) in [5.74, 6) is 0.753. The van der Waals surface area contributed by atoms with E-state index in [9.17, 15) is 9.18 Å². The van der Waals surface area contributed by atoms with Crippen LogP contribution in [-0.4, -0.2) is 19.0 Å². The van der Waals surface area contributed by atoms with Crippen molar-refractivity contribution in [2.75, 3.05) is 18.4 Å². The Morgan fingerprint density at radius 3 is 2.80 bits per heavy atom. The van der Waals surface area contributed by atoms with Gasteiger partial charge in [0, 0.05) is 12.1 Å².